The fourth-order valence-electron chi connectivity index (χ4n) is 6.31. The summed E-state index contributed by atoms with van der Waals surface area (Å²) >= 11 is 0. The maximum atomic E-state index is 13.7. The van der Waals surface area contributed by atoms with Gasteiger partial charge in [-0.25, -0.2) is 0 Å². The van der Waals surface area contributed by atoms with Crippen LogP contribution < -0.4 is 5.32 Å². The van der Waals surface area contributed by atoms with E-state index in [4.69, 9.17) is 0 Å². The van der Waals surface area contributed by atoms with Crippen LogP contribution in [0, 0.1) is 0 Å². The van der Waals surface area contributed by atoms with E-state index in [0.717, 1.165) is 34.1 Å². The predicted octanol–water partition coefficient (Wildman–Crippen LogP) is 2.64. The van der Waals surface area contributed by atoms with Crippen molar-refractivity contribution < 1.29 is 19.5 Å². The Morgan fingerprint density at radius 3 is 2.64 bits per heavy atom. The number of rotatable bonds is 7. The summed E-state index contributed by atoms with van der Waals surface area (Å²) in [4.78, 5) is 46.3. The number of benzene rings is 2. The number of hydrogen-bond donors (Lipinski definition) is 3. The fraction of sp³-hybridized carbons (Fsp3) is 0.393. The van der Waals surface area contributed by atoms with E-state index in [1.165, 1.54) is 0 Å². The third-order valence-corrected chi connectivity index (χ3v) is 8.00. The number of amides is 2. The van der Waals surface area contributed by atoms with Gasteiger partial charge < -0.3 is 25.2 Å². The minimum Gasteiger partial charge on any atom is -0.480 e. The first-order valence-electron chi connectivity index (χ1n) is 12.7. The third-order valence-electron chi connectivity index (χ3n) is 8.00. The molecule has 36 heavy (non-hydrogen) atoms. The number of hydrogen-bond acceptors (Lipinski definition) is 4. The molecule has 0 bridgehead atoms. The van der Waals surface area contributed by atoms with Gasteiger partial charge in [-0.1, -0.05) is 48.5 Å². The first-order valence-corrected chi connectivity index (χ1v) is 12.7. The van der Waals surface area contributed by atoms with Crippen LogP contribution >= 0.6 is 0 Å². The van der Waals surface area contributed by atoms with Gasteiger partial charge in [0.15, 0.2) is 0 Å². The highest BCUT2D eigenvalue weighted by atomic mass is 16.4. The average molecular weight is 487 g/mol. The molecular weight excluding hydrogens is 456 g/mol. The molecule has 2 amide bonds. The van der Waals surface area contributed by atoms with Gasteiger partial charge in [0.05, 0.1) is 6.04 Å². The Labute approximate surface area is 209 Å². The molecule has 4 atom stereocenters. The second-order valence-corrected chi connectivity index (χ2v) is 10.1. The molecule has 3 aliphatic heterocycles. The van der Waals surface area contributed by atoms with Crippen LogP contribution in [0.1, 0.15) is 42.1 Å². The highest BCUT2D eigenvalue weighted by Crippen LogP contribution is 2.43. The van der Waals surface area contributed by atoms with Crippen molar-refractivity contribution in [2.75, 3.05) is 13.1 Å². The lowest BCUT2D eigenvalue weighted by Crippen LogP contribution is -2.65. The first kappa shape index (κ1) is 22.8. The Kier molecular flexibility index (Phi) is 5.76. The van der Waals surface area contributed by atoms with Gasteiger partial charge in [0.2, 0.25) is 11.8 Å². The average Bonchev–Trinajstić information content (AvgIpc) is 3.52. The maximum absolute atomic E-state index is 13.7. The van der Waals surface area contributed by atoms with Crippen LogP contribution in [0.3, 0.4) is 0 Å². The number of nitrogens with one attached hydrogen (secondary N) is 2. The maximum Gasteiger partial charge on any atom is 0.321 e. The Hall–Kier alpha value is -3.65. The van der Waals surface area contributed by atoms with Crippen LogP contribution in [0.25, 0.3) is 10.9 Å². The lowest BCUT2D eigenvalue weighted by atomic mass is 9.86. The second-order valence-electron chi connectivity index (χ2n) is 10.1. The normalized spacial score (nSPS) is 23.9. The molecule has 1 aromatic heterocycles. The number of piperazine rings is 1. The number of para-hydroxylation sites is 1. The smallest absolute Gasteiger partial charge is 0.321 e. The van der Waals surface area contributed by atoms with E-state index in [-0.39, 0.29) is 23.9 Å². The van der Waals surface area contributed by atoms with E-state index in [1.54, 1.807) is 9.80 Å². The number of carbonyl (C=O) groups is 3. The molecular formula is C28H30N4O4. The number of fused-ring (bicyclic) bond motifs is 5. The summed E-state index contributed by atoms with van der Waals surface area (Å²) in [6.07, 6.45) is 2.95. The molecule has 4 heterocycles. The standard InChI is InChI=1S/C28H30N4O4/c33-26-24-16-19-18-9-4-5-10-20(18)30-25(19)22(32(24)27(34)23-11-6-14-31(23)26)12-13-29-21(28(35)36)15-17-7-2-1-3-8-17/h1-5,7-10,21-24,29-30H,6,11-16H2,(H,35,36)/t21-,22-,23+,24+/m1/s1. The Bertz CT molecular complexity index is 1320. The molecule has 2 saturated heterocycles. The summed E-state index contributed by atoms with van der Waals surface area (Å²) < 4.78 is 0. The van der Waals surface area contributed by atoms with E-state index >= 15 is 0 Å². The van der Waals surface area contributed by atoms with Crippen molar-refractivity contribution in [3.05, 3.63) is 71.4 Å². The summed E-state index contributed by atoms with van der Waals surface area (Å²) in [5, 5.41) is 14.1. The van der Waals surface area contributed by atoms with Gasteiger partial charge in [0, 0.05) is 29.6 Å². The molecule has 6 rings (SSSR count). The second kappa shape index (κ2) is 9.09. The van der Waals surface area contributed by atoms with Crippen LogP contribution in [-0.4, -0.2) is 68.9 Å². The highest BCUT2D eigenvalue weighted by Gasteiger charge is 2.52. The topological polar surface area (TPSA) is 106 Å². The minimum atomic E-state index is -0.905. The van der Waals surface area contributed by atoms with E-state index < -0.39 is 18.1 Å². The van der Waals surface area contributed by atoms with Gasteiger partial charge in [0.25, 0.3) is 0 Å². The van der Waals surface area contributed by atoms with Crippen molar-refractivity contribution >= 4 is 28.7 Å². The largest absolute Gasteiger partial charge is 0.480 e. The molecule has 0 unspecified atom stereocenters. The number of aromatic amines is 1. The zero-order chi connectivity index (χ0) is 24.8. The molecule has 2 aromatic carbocycles. The molecule has 3 N–H and O–H groups in total. The number of nitrogens with zero attached hydrogens (tertiary/aromatic N) is 2. The van der Waals surface area contributed by atoms with Gasteiger partial charge in [-0.3, -0.25) is 14.4 Å². The molecule has 8 heteroatoms. The van der Waals surface area contributed by atoms with E-state index in [9.17, 15) is 19.5 Å². The van der Waals surface area contributed by atoms with E-state index in [0.29, 0.717) is 38.8 Å². The molecule has 8 nitrogen and oxygen atoms in total. The number of carbonyl (C=O) groups excluding carboxylic acids is 2. The number of aromatic nitrogens is 1. The quantitative estimate of drug-likeness (QED) is 0.476. The minimum absolute atomic E-state index is 0.0190. The number of carboxylic acids is 1. The van der Waals surface area contributed by atoms with Gasteiger partial charge in [0.1, 0.15) is 18.1 Å². The molecule has 186 valence electrons. The molecule has 3 aromatic rings. The number of carboxylic acid groups (broad SMARTS) is 1. The lowest BCUT2D eigenvalue weighted by molar-refractivity contribution is -0.163. The van der Waals surface area contributed by atoms with E-state index in [2.05, 4.69) is 16.4 Å². The highest BCUT2D eigenvalue weighted by molar-refractivity contribution is 5.99. The SMILES string of the molecule is O=C(O)[C@@H](Cc1ccccc1)NCC[C@@H]1c2[nH]c3ccccc3c2C[C@H]2C(=O)N3CCC[C@H]3C(=O)N12. The third kappa shape index (κ3) is 3.76. The molecule has 0 radical (unpaired) electrons. The van der Waals surface area contributed by atoms with Crippen LogP contribution in [-0.2, 0) is 27.2 Å². The summed E-state index contributed by atoms with van der Waals surface area (Å²) in [7, 11) is 0. The summed E-state index contributed by atoms with van der Waals surface area (Å²) in [6, 6.07) is 15.7. The van der Waals surface area contributed by atoms with Crippen molar-refractivity contribution in [3.8, 4) is 0 Å². The van der Waals surface area contributed by atoms with E-state index in [1.807, 2.05) is 48.5 Å². The number of H-pyrrole nitrogens is 1. The van der Waals surface area contributed by atoms with Crippen molar-refractivity contribution in [1.29, 1.82) is 0 Å². The molecule has 2 fully saturated rings. The first-order chi connectivity index (χ1) is 17.5. The summed E-state index contributed by atoms with van der Waals surface area (Å²) in [5.74, 6) is -0.846. The molecule has 0 saturated carbocycles. The summed E-state index contributed by atoms with van der Waals surface area (Å²) in [6.45, 7) is 1.05. The molecule has 0 aliphatic carbocycles. The van der Waals surface area contributed by atoms with Crippen molar-refractivity contribution in [2.45, 2.75) is 56.3 Å². The zero-order valence-electron chi connectivity index (χ0n) is 20.0. The molecule has 0 spiro atoms. The molecule has 3 aliphatic rings. The number of aliphatic carboxylic acids is 1. The fourth-order valence-corrected chi connectivity index (χ4v) is 6.31. The van der Waals surface area contributed by atoms with Gasteiger partial charge in [-0.15, -0.1) is 0 Å². The Morgan fingerprint density at radius 1 is 1.06 bits per heavy atom. The van der Waals surface area contributed by atoms with Crippen LogP contribution in [0.15, 0.2) is 54.6 Å². The Balaban J connectivity index is 1.29. The van der Waals surface area contributed by atoms with Crippen molar-refractivity contribution in [1.82, 2.24) is 20.1 Å². The van der Waals surface area contributed by atoms with Crippen LogP contribution in [0.2, 0.25) is 0 Å². The van der Waals surface area contributed by atoms with Crippen molar-refractivity contribution in [2.24, 2.45) is 0 Å². The Morgan fingerprint density at radius 2 is 1.83 bits per heavy atom. The van der Waals surface area contributed by atoms with Gasteiger partial charge in [-0.05, 0) is 49.4 Å². The van der Waals surface area contributed by atoms with Crippen LogP contribution in [0.4, 0.5) is 0 Å². The summed E-state index contributed by atoms with van der Waals surface area (Å²) in [5.41, 5.74) is 4.01. The monoisotopic (exact) mass is 486 g/mol. The van der Waals surface area contributed by atoms with Crippen LogP contribution in [0.5, 0.6) is 0 Å². The zero-order valence-corrected chi connectivity index (χ0v) is 20.0. The van der Waals surface area contributed by atoms with Gasteiger partial charge in [-0.2, -0.15) is 0 Å². The van der Waals surface area contributed by atoms with Crippen molar-refractivity contribution in [3.63, 3.8) is 0 Å². The lowest BCUT2D eigenvalue weighted by Gasteiger charge is -2.48. The predicted molar refractivity (Wildman–Crippen MR) is 134 cm³/mol. The van der Waals surface area contributed by atoms with Gasteiger partial charge >= 0.3 is 5.97 Å².